The van der Waals surface area contributed by atoms with Gasteiger partial charge >= 0.3 is 0 Å². The lowest BCUT2D eigenvalue weighted by atomic mass is 9.97. The summed E-state index contributed by atoms with van der Waals surface area (Å²) in [5.74, 6) is 0. The molecule has 18 heavy (non-hydrogen) atoms. The van der Waals surface area contributed by atoms with E-state index in [1.54, 1.807) is 11.3 Å². The molecule has 1 aliphatic heterocycles. The molecule has 2 aromatic heterocycles. The van der Waals surface area contributed by atoms with Crippen molar-refractivity contribution in [2.24, 2.45) is 0 Å². The second-order valence-corrected chi connectivity index (χ2v) is 5.83. The Morgan fingerprint density at radius 3 is 3.11 bits per heavy atom. The number of hydrogen-bond acceptors (Lipinski definition) is 5. The number of nitrogen functional groups attached to an aromatic ring is 1. The van der Waals surface area contributed by atoms with E-state index in [4.69, 9.17) is 5.73 Å². The van der Waals surface area contributed by atoms with Crippen LogP contribution in [0.25, 0.3) is 0 Å². The smallest absolute Gasteiger partial charge is 0.180 e. The molecule has 0 spiro atoms. The molecule has 96 valence electrons. The third kappa shape index (κ3) is 2.39. The van der Waals surface area contributed by atoms with E-state index in [0.717, 1.165) is 13.1 Å². The van der Waals surface area contributed by atoms with Crippen LogP contribution in [0.15, 0.2) is 18.6 Å². The Hall–Kier alpha value is -1.40. The van der Waals surface area contributed by atoms with E-state index in [1.807, 2.05) is 18.6 Å². The molecular formula is C12H17N5S. The first-order chi connectivity index (χ1) is 8.83. The molecule has 1 unspecified atom stereocenters. The zero-order valence-electron chi connectivity index (χ0n) is 10.2. The number of aromatic nitrogens is 3. The van der Waals surface area contributed by atoms with Crippen LogP contribution < -0.4 is 5.73 Å². The molecule has 0 radical (unpaired) electrons. The van der Waals surface area contributed by atoms with Crippen molar-refractivity contribution in [1.29, 1.82) is 0 Å². The number of rotatable bonds is 3. The fourth-order valence-electron chi connectivity index (χ4n) is 2.60. The Morgan fingerprint density at radius 1 is 1.44 bits per heavy atom. The van der Waals surface area contributed by atoms with Gasteiger partial charge in [0.15, 0.2) is 5.13 Å². The maximum absolute atomic E-state index is 5.69. The third-order valence-corrected chi connectivity index (χ3v) is 4.26. The summed E-state index contributed by atoms with van der Waals surface area (Å²) >= 11 is 1.58. The Balaban J connectivity index is 1.76. The number of anilines is 1. The highest BCUT2D eigenvalue weighted by Gasteiger charge is 2.25. The van der Waals surface area contributed by atoms with Crippen LogP contribution in [0.4, 0.5) is 5.13 Å². The number of aromatic amines is 1. The van der Waals surface area contributed by atoms with Crippen LogP contribution in [0.3, 0.4) is 0 Å². The van der Waals surface area contributed by atoms with E-state index in [-0.39, 0.29) is 0 Å². The van der Waals surface area contributed by atoms with Gasteiger partial charge in [0.05, 0.1) is 6.20 Å². The number of nitrogens with zero attached hydrogens (tertiary/aromatic N) is 3. The number of hydrogen-bond donors (Lipinski definition) is 2. The van der Waals surface area contributed by atoms with E-state index in [1.165, 1.54) is 29.7 Å². The van der Waals surface area contributed by atoms with Gasteiger partial charge in [-0.05, 0) is 19.4 Å². The summed E-state index contributed by atoms with van der Waals surface area (Å²) in [7, 11) is 0. The molecule has 0 aliphatic carbocycles. The van der Waals surface area contributed by atoms with Gasteiger partial charge in [-0.25, -0.2) is 4.98 Å². The molecule has 2 aromatic rings. The molecule has 1 fully saturated rings. The number of nitrogens with one attached hydrogen (secondary N) is 1. The average molecular weight is 263 g/mol. The van der Waals surface area contributed by atoms with Crippen LogP contribution in [0.5, 0.6) is 0 Å². The minimum Gasteiger partial charge on any atom is -0.375 e. The molecule has 6 heteroatoms. The largest absolute Gasteiger partial charge is 0.375 e. The van der Waals surface area contributed by atoms with Crippen LogP contribution in [0.2, 0.25) is 0 Å². The van der Waals surface area contributed by atoms with Crippen molar-refractivity contribution in [2.75, 3.05) is 12.3 Å². The van der Waals surface area contributed by atoms with Crippen molar-refractivity contribution in [2.45, 2.75) is 31.8 Å². The van der Waals surface area contributed by atoms with Crippen LogP contribution in [-0.4, -0.2) is 26.6 Å². The average Bonchev–Trinajstić information content (AvgIpc) is 3.02. The molecule has 0 saturated carbocycles. The van der Waals surface area contributed by atoms with E-state index in [0.29, 0.717) is 11.2 Å². The predicted molar refractivity (Wildman–Crippen MR) is 72.1 cm³/mol. The summed E-state index contributed by atoms with van der Waals surface area (Å²) in [6.45, 7) is 2.07. The second-order valence-electron chi connectivity index (χ2n) is 4.68. The van der Waals surface area contributed by atoms with E-state index >= 15 is 0 Å². The minimum atomic E-state index is 0.473. The van der Waals surface area contributed by atoms with Crippen molar-refractivity contribution in [3.63, 3.8) is 0 Å². The van der Waals surface area contributed by atoms with Crippen molar-refractivity contribution >= 4 is 16.5 Å². The molecule has 3 heterocycles. The number of nitrogens with two attached hydrogens (primary N) is 1. The SMILES string of the molecule is Nc1ncc(CN2CCCCC2c2cn[nH]c2)s1. The minimum absolute atomic E-state index is 0.473. The van der Waals surface area contributed by atoms with Gasteiger partial charge in [-0.2, -0.15) is 5.10 Å². The molecular weight excluding hydrogens is 246 g/mol. The van der Waals surface area contributed by atoms with E-state index in [9.17, 15) is 0 Å². The van der Waals surface area contributed by atoms with Crippen molar-refractivity contribution in [1.82, 2.24) is 20.1 Å². The van der Waals surface area contributed by atoms with Crippen LogP contribution in [-0.2, 0) is 6.54 Å². The highest BCUT2D eigenvalue weighted by molar-refractivity contribution is 7.15. The highest BCUT2D eigenvalue weighted by atomic mass is 32.1. The molecule has 1 aliphatic rings. The Kier molecular flexibility index (Phi) is 3.29. The van der Waals surface area contributed by atoms with Gasteiger partial charge in [0.2, 0.25) is 0 Å². The van der Waals surface area contributed by atoms with Crippen LogP contribution in [0.1, 0.15) is 35.7 Å². The lowest BCUT2D eigenvalue weighted by Crippen LogP contribution is -2.32. The van der Waals surface area contributed by atoms with Gasteiger partial charge in [0, 0.05) is 35.4 Å². The first-order valence-corrected chi connectivity index (χ1v) is 7.07. The van der Waals surface area contributed by atoms with Gasteiger partial charge in [-0.3, -0.25) is 10.00 Å². The molecule has 3 rings (SSSR count). The van der Waals surface area contributed by atoms with E-state index < -0.39 is 0 Å². The number of piperidine rings is 1. The summed E-state index contributed by atoms with van der Waals surface area (Å²) in [6.07, 6.45) is 9.59. The summed E-state index contributed by atoms with van der Waals surface area (Å²) in [6, 6.07) is 0.473. The van der Waals surface area contributed by atoms with Gasteiger partial charge in [0.25, 0.3) is 0 Å². The van der Waals surface area contributed by atoms with E-state index in [2.05, 4.69) is 20.1 Å². The quantitative estimate of drug-likeness (QED) is 0.890. The van der Waals surface area contributed by atoms with Gasteiger partial charge in [-0.15, -0.1) is 11.3 Å². The fourth-order valence-corrected chi connectivity index (χ4v) is 3.31. The molecule has 1 atom stereocenters. The first-order valence-electron chi connectivity index (χ1n) is 6.26. The Morgan fingerprint density at radius 2 is 2.39 bits per heavy atom. The van der Waals surface area contributed by atoms with Crippen LogP contribution in [0, 0.1) is 0 Å². The molecule has 0 amide bonds. The Bertz CT molecular complexity index is 492. The lowest BCUT2D eigenvalue weighted by Gasteiger charge is -2.34. The number of likely N-dealkylation sites (tertiary alicyclic amines) is 1. The Labute approximate surface area is 110 Å². The zero-order chi connectivity index (χ0) is 12.4. The first kappa shape index (κ1) is 11.7. The second kappa shape index (κ2) is 5.07. The summed E-state index contributed by atoms with van der Waals surface area (Å²) in [4.78, 5) is 7.86. The molecule has 3 N–H and O–H groups in total. The van der Waals surface area contributed by atoms with Gasteiger partial charge in [-0.1, -0.05) is 6.42 Å². The number of thiazole rings is 1. The van der Waals surface area contributed by atoms with Crippen molar-refractivity contribution < 1.29 is 0 Å². The predicted octanol–water partition coefficient (Wildman–Crippen LogP) is 2.18. The fraction of sp³-hybridized carbons (Fsp3) is 0.500. The third-order valence-electron chi connectivity index (χ3n) is 3.45. The molecule has 5 nitrogen and oxygen atoms in total. The van der Waals surface area contributed by atoms with Crippen molar-refractivity contribution in [3.05, 3.63) is 29.0 Å². The van der Waals surface area contributed by atoms with Crippen LogP contribution >= 0.6 is 11.3 Å². The lowest BCUT2D eigenvalue weighted by molar-refractivity contribution is 0.142. The monoisotopic (exact) mass is 263 g/mol. The number of H-pyrrole nitrogens is 1. The maximum atomic E-state index is 5.69. The summed E-state index contributed by atoms with van der Waals surface area (Å²) in [5.41, 5.74) is 6.97. The zero-order valence-corrected chi connectivity index (χ0v) is 11.0. The summed E-state index contributed by atoms with van der Waals surface area (Å²) < 4.78 is 0. The van der Waals surface area contributed by atoms with Gasteiger partial charge < -0.3 is 5.73 Å². The molecule has 0 aromatic carbocycles. The highest BCUT2D eigenvalue weighted by Crippen LogP contribution is 2.32. The standard InChI is InChI=1S/C12H17N5S/c13-12-14-7-10(18-12)8-17-4-2-1-3-11(17)9-5-15-16-6-9/h5-7,11H,1-4,8H2,(H2,13,14)(H,15,16). The topological polar surface area (TPSA) is 70.8 Å². The maximum Gasteiger partial charge on any atom is 0.180 e. The summed E-state index contributed by atoms with van der Waals surface area (Å²) in [5, 5.41) is 7.63. The molecule has 0 bridgehead atoms. The normalized spacial score (nSPS) is 21.2. The van der Waals surface area contributed by atoms with Crippen molar-refractivity contribution in [3.8, 4) is 0 Å². The van der Waals surface area contributed by atoms with Gasteiger partial charge in [0.1, 0.15) is 0 Å². The molecule has 1 saturated heterocycles.